The van der Waals surface area contributed by atoms with Crippen LogP contribution in [0.25, 0.3) is 5.69 Å². The molecule has 1 aromatic carbocycles. The number of carbonyl (C=O) groups excluding carboxylic acids is 1. The second-order valence-corrected chi connectivity index (χ2v) is 7.69. The van der Waals surface area contributed by atoms with Gasteiger partial charge in [0.15, 0.2) is 0 Å². The molecule has 4 rings (SSSR count). The molecule has 3 aromatic rings. The van der Waals surface area contributed by atoms with Crippen LogP contribution in [0, 0.1) is 6.92 Å². The van der Waals surface area contributed by atoms with Crippen molar-refractivity contribution in [3.05, 3.63) is 70.5 Å². The van der Waals surface area contributed by atoms with Gasteiger partial charge in [0, 0.05) is 7.05 Å². The number of hydrogen-bond acceptors (Lipinski definition) is 4. The van der Waals surface area contributed by atoms with E-state index in [-0.39, 0.29) is 22.1 Å². The maximum Gasteiger partial charge on any atom is 0.295 e. The van der Waals surface area contributed by atoms with Crippen LogP contribution in [0.5, 0.6) is 0 Å². The third kappa shape index (κ3) is 2.42. The molecule has 26 heavy (non-hydrogen) atoms. The van der Waals surface area contributed by atoms with Crippen LogP contribution in [-0.2, 0) is 11.8 Å². The van der Waals surface area contributed by atoms with Crippen LogP contribution < -0.4 is 10.5 Å². The minimum absolute atomic E-state index is 0.0811. The van der Waals surface area contributed by atoms with Gasteiger partial charge in [0.25, 0.3) is 5.56 Å². The van der Waals surface area contributed by atoms with E-state index < -0.39 is 0 Å². The van der Waals surface area contributed by atoms with E-state index in [2.05, 4.69) is 0 Å². The van der Waals surface area contributed by atoms with Gasteiger partial charge in [0.1, 0.15) is 16.8 Å². The molecule has 0 aliphatic carbocycles. The molecule has 1 aliphatic rings. The van der Waals surface area contributed by atoms with Crippen LogP contribution in [0.4, 0.5) is 5.69 Å². The lowest BCUT2D eigenvalue weighted by molar-refractivity contribution is -0.117. The molecule has 0 unspecified atom stereocenters. The lowest BCUT2D eigenvalue weighted by Crippen LogP contribution is -2.34. The number of furan rings is 1. The molecule has 7 heteroatoms. The predicted octanol–water partition coefficient (Wildman–Crippen LogP) is 3.24. The van der Waals surface area contributed by atoms with Gasteiger partial charge in [-0.2, -0.15) is 0 Å². The number of aromatic nitrogens is 2. The van der Waals surface area contributed by atoms with Gasteiger partial charge >= 0.3 is 0 Å². The van der Waals surface area contributed by atoms with Crippen molar-refractivity contribution < 1.29 is 9.21 Å². The summed E-state index contributed by atoms with van der Waals surface area (Å²) in [6.45, 7) is 3.72. The molecular formula is C19H19N3O3S. The van der Waals surface area contributed by atoms with E-state index >= 15 is 0 Å². The number of anilines is 1. The van der Waals surface area contributed by atoms with Gasteiger partial charge in [0.05, 0.1) is 22.9 Å². The highest BCUT2D eigenvalue weighted by Crippen LogP contribution is 2.45. The Morgan fingerprint density at radius 3 is 2.46 bits per heavy atom. The Balaban J connectivity index is 1.90. The highest BCUT2D eigenvalue weighted by molar-refractivity contribution is 8.01. The van der Waals surface area contributed by atoms with E-state index in [1.807, 2.05) is 57.3 Å². The van der Waals surface area contributed by atoms with Crippen LogP contribution in [0.1, 0.15) is 23.8 Å². The molecule has 0 N–H and O–H groups in total. The van der Waals surface area contributed by atoms with Crippen molar-refractivity contribution in [3.63, 3.8) is 0 Å². The van der Waals surface area contributed by atoms with E-state index in [0.29, 0.717) is 11.4 Å². The minimum atomic E-state index is -0.342. The van der Waals surface area contributed by atoms with Crippen LogP contribution in [-0.4, -0.2) is 20.5 Å². The molecule has 0 bridgehead atoms. The molecule has 0 spiro atoms. The Morgan fingerprint density at radius 1 is 1.08 bits per heavy atom. The molecule has 0 radical (unpaired) electrons. The minimum Gasteiger partial charge on any atom is -0.466 e. The Labute approximate surface area is 155 Å². The van der Waals surface area contributed by atoms with Crippen LogP contribution in [0.3, 0.4) is 0 Å². The molecule has 1 fully saturated rings. The molecule has 1 aliphatic heterocycles. The number of hydrogen-bond donors (Lipinski definition) is 0. The number of rotatable bonds is 3. The summed E-state index contributed by atoms with van der Waals surface area (Å²) in [6, 6.07) is 13.0. The molecular weight excluding hydrogens is 350 g/mol. The quantitative estimate of drug-likeness (QED) is 0.711. The molecule has 6 nitrogen and oxygen atoms in total. The summed E-state index contributed by atoms with van der Waals surface area (Å²) in [4.78, 5) is 27.7. The third-order valence-corrected chi connectivity index (χ3v) is 6.01. The van der Waals surface area contributed by atoms with Gasteiger partial charge in [0.2, 0.25) is 5.91 Å². The predicted molar refractivity (Wildman–Crippen MR) is 102 cm³/mol. The van der Waals surface area contributed by atoms with E-state index in [4.69, 9.17) is 4.42 Å². The van der Waals surface area contributed by atoms with E-state index in [1.54, 1.807) is 26.6 Å². The average Bonchev–Trinajstić information content (AvgIpc) is 3.31. The first kappa shape index (κ1) is 16.8. The molecule has 3 heterocycles. The topological polar surface area (TPSA) is 60.4 Å². The maximum absolute atomic E-state index is 13.3. The summed E-state index contributed by atoms with van der Waals surface area (Å²) in [6.07, 6.45) is 1.58. The second kappa shape index (κ2) is 6.25. The van der Waals surface area contributed by atoms with Crippen LogP contribution in [0.2, 0.25) is 0 Å². The zero-order valence-electron chi connectivity index (χ0n) is 14.7. The normalized spacial score (nSPS) is 20.1. The molecule has 134 valence electrons. The Hall–Kier alpha value is -2.67. The summed E-state index contributed by atoms with van der Waals surface area (Å²) in [5.74, 6) is 0.587. The summed E-state index contributed by atoms with van der Waals surface area (Å²) >= 11 is 1.49. The van der Waals surface area contributed by atoms with Gasteiger partial charge in [-0.3, -0.25) is 19.2 Å². The fourth-order valence-electron chi connectivity index (χ4n) is 3.31. The summed E-state index contributed by atoms with van der Waals surface area (Å²) < 4.78 is 8.91. The van der Waals surface area contributed by atoms with E-state index in [1.165, 1.54) is 11.8 Å². The van der Waals surface area contributed by atoms with Crippen molar-refractivity contribution in [1.29, 1.82) is 0 Å². The molecule has 2 aromatic heterocycles. The average molecular weight is 369 g/mol. The van der Waals surface area contributed by atoms with E-state index in [0.717, 1.165) is 11.4 Å². The summed E-state index contributed by atoms with van der Waals surface area (Å²) in [7, 11) is 1.83. The smallest absolute Gasteiger partial charge is 0.295 e. The monoisotopic (exact) mass is 369 g/mol. The fraction of sp³-hybridized carbons (Fsp3) is 0.263. The standard InChI is InChI=1S/C19H19N3O3S/c1-12-16(18(24)22(20(12)3)14-8-5-4-6-9-14)21-17(23)13(2)26-19(21)15-10-7-11-25-15/h4-11,13,19H,1-3H3/t13-,19+/m0/s1. The third-order valence-electron chi connectivity index (χ3n) is 4.70. The first-order valence-corrected chi connectivity index (χ1v) is 9.31. The lowest BCUT2D eigenvalue weighted by atomic mass is 10.2. The maximum atomic E-state index is 13.3. The van der Waals surface area contributed by atoms with Crippen molar-refractivity contribution >= 4 is 23.4 Å². The SMILES string of the molecule is Cc1c(N2C(=O)[C@H](C)S[C@@H]2c2ccco2)c(=O)n(-c2ccccc2)n1C. The number of carbonyl (C=O) groups is 1. The van der Waals surface area contributed by atoms with E-state index in [9.17, 15) is 9.59 Å². The molecule has 2 atom stereocenters. The van der Waals surface area contributed by atoms with Gasteiger partial charge < -0.3 is 4.42 Å². The summed E-state index contributed by atoms with van der Waals surface area (Å²) in [5, 5.41) is -0.584. The van der Waals surface area contributed by atoms with Gasteiger partial charge in [-0.25, -0.2) is 4.68 Å². The largest absolute Gasteiger partial charge is 0.466 e. The lowest BCUT2D eigenvalue weighted by Gasteiger charge is -2.20. The highest BCUT2D eigenvalue weighted by atomic mass is 32.2. The van der Waals surface area contributed by atoms with Gasteiger partial charge in [-0.1, -0.05) is 18.2 Å². The number of benzene rings is 1. The van der Waals surface area contributed by atoms with Gasteiger partial charge in [-0.15, -0.1) is 11.8 Å². The Bertz CT molecular complexity index is 1000. The first-order valence-electron chi connectivity index (χ1n) is 8.36. The second-order valence-electron chi connectivity index (χ2n) is 6.26. The Morgan fingerprint density at radius 2 is 1.81 bits per heavy atom. The zero-order valence-corrected chi connectivity index (χ0v) is 15.6. The zero-order chi connectivity index (χ0) is 18.4. The number of amides is 1. The number of thioether (sulfide) groups is 1. The van der Waals surface area contributed by atoms with Crippen molar-refractivity contribution in [1.82, 2.24) is 9.36 Å². The van der Waals surface area contributed by atoms with Crippen molar-refractivity contribution in [3.8, 4) is 5.69 Å². The first-order chi connectivity index (χ1) is 12.5. The highest BCUT2D eigenvalue weighted by Gasteiger charge is 2.43. The van der Waals surface area contributed by atoms with Crippen molar-refractivity contribution in [2.45, 2.75) is 24.5 Å². The van der Waals surface area contributed by atoms with Crippen molar-refractivity contribution in [2.24, 2.45) is 7.05 Å². The number of nitrogens with zero attached hydrogens (tertiary/aromatic N) is 3. The van der Waals surface area contributed by atoms with Crippen LogP contribution in [0.15, 0.2) is 57.9 Å². The van der Waals surface area contributed by atoms with Crippen LogP contribution >= 0.6 is 11.8 Å². The van der Waals surface area contributed by atoms with Crippen molar-refractivity contribution in [2.75, 3.05) is 4.90 Å². The summed E-state index contributed by atoms with van der Waals surface area (Å²) in [5.41, 5.74) is 1.69. The Kier molecular flexibility index (Phi) is 4.03. The fourth-order valence-corrected chi connectivity index (χ4v) is 4.52. The van der Waals surface area contributed by atoms with Gasteiger partial charge in [-0.05, 0) is 38.1 Å². The molecule has 1 saturated heterocycles. The number of para-hydroxylation sites is 1. The molecule has 0 saturated carbocycles. The molecule has 1 amide bonds.